The van der Waals surface area contributed by atoms with E-state index in [1.165, 1.54) is 0 Å². The number of hydrogen-bond donors (Lipinski definition) is 2. The Morgan fingerprint density at radius 1 is 0.479 bits per heavy atom. The maximum absolute atomic E-state index is 10.6. The fraction of sp³-hybridized carbons (Fsp3) is 0.917. The smallest absolute Gasteiger partial charge is 0.705 e. The van der Waals surface area contributed by atoms with E-state index in [1.807, 2.05) is 0 Å². The molecule has 0 aliphatic rings. The van der Waals surface area contributed by atoms with Crippen molar-refractivity contribution in [2.75, 3.05) is 13.2 Å². The van der Waals surface area contributed by atoms with Crippen LogP contribution in [0.5, 0.6) is 0 Å². The second-order valence-electron chi connectivity index (χ2n) is 9.66. The van der Waals surface area contributed by atoms with Crippen molar-refractivity contribution in [3.05, 3.63) is 0 Å². The van der Waals surface area contributed by atoms with Crippen LogP contribution < -0.4 is 91.5 Å². The Labute approximate surface area is 346 Å². The Hall–Kier alpha value is 0.996. The topological polar surface area (TPSA) is 281 Å². The van der Waals surface area contributed by atoms with Gasteiger partial charge in [-0.15, -0.1) is 0 Å². The van der Waals surface area contributed by atoms with Crippen molar-refractivity contribution in [3.8, 4) is 0 Å². The number of carbonyl (C=O) groups excluding carboxylic acids is 2. The number of hydrogen-bond acceptors (Lipinski definition) is 20. The molecule has 48 heavy (non-hydrogen) atoms. The molecule has 0 aromatic rings. The van der Waals surface area contributed by atoms with Gasteiger partial charge in [-0.3, -0.25) is 0 Å². The molecule has 0 rings (SSSR count). The van der Waals surface area contributed by atoms with E-state index in [1.54, 1.807) is 0 Å². The van der Waals surface area contributed by atoms with Crippen molar-refractivity contribution >= 4 is 32.7 Å². The van der Waals surface area contributed by atoms with Gasteiger partial charge in [-0.1, -0.05) is 98.6 Å². The van der Waals surface area contributed by atoms with E-state index in [-0.39, 0.29) is 107 Å². The number of rotatable bonds is 32. The van der Waals surface area contributed by atoms with Crippen LogP contribution >= 0.6 is 0 Å². The van der Waals surface area contributed by atoms with Crippen molar-refractivity contribution in [1.29, 1.82) is 0 Å². The molecule has 0 radical (unpaired) electrons. The molecule has 0 unspecified atom stereocenters. The third-order valence-electron chi connectivity index (χ3n) is 5.91. The van der Waals surface area contributed by atoms with Crippen LogP contribution in [0.25, 0.3) is 0 Å². The summed E-state index contributed by atoms with van der Waals surface area (Å²) in [6.45, 7) is 0.269. The molecule has 0 aliphatic carbocycles. The van der Waals surface area contributed by atoms with Gasteiger partial charge in [-0.25, -0.2) is 19.4 Å². The summed E-state index contributed by atoms with van der Waals surface area (Å²) < 4.78 is 54.0. The molecule has 0 aliphatic heterocycles. The average molecular weight is 781 g/mol. The van der Waals surface area contributed by atoms with Crippen LogP contribution in [-0.4, -0.2) is 52.5 Å². The van der Waals surface area contributed by atoms with E-state index in [4.69, 9.17) is 10.5 Å². The zero-order chi connectivity index (χ0) is 34.8. The summed E-state index contributed by atoms with van der Waals surface area (Å²) in [5, 5.41) is 42.9. The van der Waals surface area contributed by atoms with Crippen molar-refractivity contribution in [1.82, 2.24) is 0 Å². The first-order valence-electron chi connectivity index (χ1n) is 14.8. The fourth-order valence-electron chi connectivity index (χ4n) is 3.62. The minimum atomic E-state index is -4.68. The molecule has 0 bridgehead atoms. The average Bonchev–Trinajstić information content (AvgIpc) is 3.04. The monoisotopic (exact) mass is 780 g/mol. The Bertz CT molecular complexity index is 855. The minimum Gasteiger partial charge on any atom is -0.705 e. The van der Waals surface area contributed by atoms with Crippen molar-refractivity contribution < 1.29 is 175 Å². The van der Waals surface area contributed by atoms with E-state index in [0.29, 0.717) is 25.7 Å². The van der Waals surface area contributed by atoms with E-state index in [9.17, 15) is 36.9 Å². The van der Waals surface area contributed by atoms with E-state index in [0.717, 1.165) is 89.9 Å². The van der Waals surface area contributed by atoms with Crippen molar-refractivity contribution in [3.63, 3.8) is 0 Å². The maximum Gasteiger partial charge on any atom is 1.00 e. The summed E-state index contributed by atoms with van der Waals surface area (Å²) in [5.41, 5.74) is 0. The largest absolute Gasteiger partial charge is 1.00 e. The van der Waals surface area contributed by atoms with Gasteiger partial charge in [0, 0.05) is 12.8 Å². The molecule has 0 saturated heterocycles. The predicted octanol–water partition coefficient (Wildman–Crippen LogP) is -3.35. The molecule has 276 valence electrons. The quantitative estimate of drug-likeness (QED) is 0.0292. The minimum absolute atomic E-state index is 0. The van der Waals surface area contributed by atoms with Crippen LogP contribution in [0.1, 0.15) is 128 Å². The van der Waals surface area contributed by atoms with Crippen LogP contribution in [0.2, 0.25) is 0 Å². The summed E-state index contributed by atoms with van der Waals surface area (Å²) in [6, 6.07) is 0. The molecule has 0 spiro atoms. The zero-order valence-corrected chi connectivity index (χ0v) is 34.4. The van der Waals surface area contributed by atoms with Crippen LogP contribution in [0.4, 0.5) is 0 Å². The molecule has 0 aromatic carbocycles. The van der Waals surface area contributed by atoms with Gasteiger partial charge in [0.25, 0.3) is 0 Å². The van der Waals surface area contributed by atoms with Gasteiger partial charge in [0.05, 0.1) is 13.2 Å². The van der Waals surface area contributed by atoms with Gasteiger partial charge in [0.2, 0.25) is 0 Å². The Kier molecular flexibility index (Phi) is 47.3. The summed E-state index contributed by atoms with van der Waals surface area (Å²) in [7, 11) is -9.36. The van der Waals surface area contributed by atoms with Gasteiger partial charge in [-0.2, -0.15) is 27.4 Å². The van der Waals surface area contributed by atoms with Crippen LogP contribution in [-0.2, 0) is 77.3 Å². The number of carbonyl (C=O) groups is 2. The number of unbranched alkanes of at least 4 members (excludes halogenated alkanes) is 16. The molecular weight excluding hydrogens is 734 g/mol. The molecule has 0 aromatic heterocycles. The third kappa shape index (κ3) is 45.0. The normalized spacial score (nSPS) is 11.1. The molecule has 0 atom stereocenters. The first-order chi connectivity index (χ1) is 22.0. The second-order valence-corrected chi connectivity index (χ2v) is 11.8. The van der Waals surface area contributed by atoms with Gasteiger partial charge in [0.15, 0.2) is 0 Å². The molecular formula is C24H46KNaO20S2. The Balaban J connectivity index is -0.000000387. The SMILES string of the molecule is O=C(CCCCCCCCCCCOOOS(=O)(=O)O[O-])OO.O=C(CCCCCCCCCCCOOOS(=O)(=O)O[O-])OO.[K+].[Na+]. The first-order valence-corrected chi connectivity index (χ1v) is 17.5. The summed E-state index contributed by atoms with van der Waals surface area (Å²) in [6.07, 6.45) is 17.4. The standard InChI is InChI=1S/2C12H24O10S.K.Na/c2*13-12(19-14)10-8-6-4-2-1-3-5-7-9-11-18-21-22-23(16,17)20-15;;/h2*14-15H,1-11H2;;/q;;2*+1/p-2. The predicted molar refractivity (Wildman–Crippen MR) is 146 cm³/mol. The van der Waals surface area contributed by atoms with E-state index >= 15 is 0 Å². The Morgan fingerprint density at radius 2 is 0.729 bits per heavy atom. The molecule has 0 saturated carbocycles. The van der Waals surface area contributed by atoms with Crippen LogP contribution in [0, 0.1) is 0 Å². The van der Waals surface area contributed by atoms with Crippen molar-refractivity contribution in [2.24, 2.45) is 0 Å². The van der Waals surface area contributed by atoms with Crippen LogP contribution in [0.3, 0.4) is 0 Å². The molecule has 2 N–H and O–H groups in total. The van der Waals surface area contributed by atoms with Gasteiger partial charge in [0.1, 0.15) is 0 Å². The van der Waals surface area contributed by atoms with Gasteiger partial charge >= 0.3 is 114 Å². The van der Waals surface area contributed by atoms with Crippen molar-refractivity contribution in [2.45, 2.75) is 128 Å². The summed E-state index contributed by atoms with van der Waals surface area (Å²) >= 11 is 0. The van der Waals surface area contributed by atoms with Gasteiger partial charge in [-0.05, 0) is 35.8 Å². The maximum atomic E-state index is 10.6. The molecule has 0 fully saturated rings. The Morgan fingerprint density at radius 3 is 0.979 bits per heavy atom. The fourth-order valence-corrected chi connectivity index (χ4v) is 3.88. The second kappa shape index (κ2) is 40.8. The summed E-state index contributed by atoms with van der Waals surface area (Å²) in [5.74, 6) is -1.19. The first kappa shape index (κ1) is 55.7. The molecule has 0 heterocycles. The third-order valence-corrected chi connectivity index (χ3v) is 6.68. The molecule has 20 nitrogen and oxygen atoms in total. The van der Waals surface area contributed by atoms with E-state index < -0.39 is 32.7 Å². The van der Waals surface area contributed by atoms with E-state index in [2.05, 4.69) is 47.0 Å². The van der Waals surface area contributed by atoms with Gasteiger partial charge < -0.3 is 29.0 Å². The van der Waals surface area contributed by atoms with Crippen LogP contribution in [0.15, 0.2) is 0 Å². The molecule has 0 amide bonds. The molecule has 24 heteroatoms. The zero-order valence-electron chi connectivity index (χ0n) is 27.6. The summed E-state index contributed by atoms with van der Waals surface area (Å²) in [4.78, 5) is 37.2.